The molecule has 10 rings (SSSR count). The molecule has 0 aliphatic carbocycles. The van der Waals surface area contributed by atoms with Gasteiger partial charge < -0.3 is 0 Å². The van der Waals surface area contributed by atoms with E-state index in [2.05, 4.69) is 180 Å². The average Bonchev–Trinajstić information content (AvgIpc) is 3.57. The van der Waals surface area contributed by atoms with Crippen molar-refractivity contribution in [2.45, 2.75) is 0 Å². The Bertz CT molecular complexity index is 2920. The topological polar surface area (TPSA) is 17.3 Å². The normalized spacial score (nSPS) is 12.2. The van der Waals surface area contributed by atoms with Gasteiger partial charge in [0.2, 0.25) is 0 Å². The maximum atomic E-state index is 6.80. The standard InChI is InChI=1S/C45H29N2PS/c49-48(36-13-3-1-4-14-36,37-15-5-2-6-16-37)38-23-24-39-40-28-35-26-33(32-20-19-30-11-7-8-12-31(30)25-32)21-22-34(35)27-41(40)45-46-42-17-9-10-18-43(42)47(45)44(39)29-38/h1-29H. The minimum atomic E-state index is -2.36. The highest BCUT2D eigenvalue weighted by molar-refractivity contribution is 8.25. The Morgan fingerprint density at radius 3 is 1.76 bits per heavy atom. The minimum absolute atomic E-state index is 0.967. The van der Waals surface area contributed by atoms with Crippen molar-refractivity contribution in [3.05, 3.63) is 176 Å². The number of rotatable bonds is 4. The van der Waals surface area contributed by atoms with Crippen LogP contribution in [0.15, 0.2) is 176 Å². The van der Waals surface area contributed by atoms with Gasteiger partial charge in [0.1, 0.15) is 5.65 Å². The molecule has 0 aliphatic heterocycles. The van der Waals surface area contributed by atoms with Crippen molar-refractivity contribution in [2.75, 3.05) is 0 Å². The van der Waals surface area contributed by atoms with Crippen molar-refractivity contribution < 1.29 is 0 Å². The van der Waals surface area contributed by atoms with Gasteiger partial charge in [0.25, 0.3) is 0 Å². The highest BCUT2D eigenvalue weighted by Gasteiger charge is 2.26. The summed E-state index contributed by atoms with van der Waals surface area (Å²) >= 11 is 6.80. The van der Waals surface area contributed by atoms with Gasteiger partial charge in [-0.05, 0) is 96.4 Å². The van der Waals surface area contributed by atoms with Gasteiger partial charge in [0, 0.05) is 16.8 Å². The molecule has 0 N–H and O–H groups in total. The Labute approximate surface area is 288 Å². The molecule has 2 nitrogen and oxygen atoms in total. The molecule has 0 fully saturated rings. The largest absolute Gasteiger partial charge is 0.292 e. The predicted molar refractivity (Wildman–Crippen MR) is 214 cm³/mol. The zero-order valence-electron chi connectivity index (χ0n) is 26.5. The van der Waals surface area contributed by atoms with Crippen molar-refractivity contribution in [1.82, 2.24) is 9.38 Å². The van der Waals surface area contributed by atoms with E-state index in [0.29, 0.717) is 0 Å². The van der Waals surface area contributed by atoms with Crippen LogP contribution in [0.25, 0.3) is 71.0 Å². The Hall–Kier alpha value is -5.60. The lowest BCUT2D eigenvalue weighted by Crippen LogP contribution is -2.24. The molecule has 8 aromatic carbocycles. The summed E-state index contributed by atoms with van der Waals surface area (Å²) in [4.78, 5) is 5.25. The van der Waals surface area contributed by atoms with Crippen molar-refractivity contribution in [3.8, 4) is 11.1 Å². The third kappa shape index (κ3) is 4.40. The van der Waals surface area contributed by atoms with Crippen LogP contribution in [-0.4, -0.2) is 9.38 Å². The number of fused-ring (bicyclic) bond motifs is 10. The van der Waals surface area contributed by atoms with Crippen LogP contribution in [-0.2, 0) is 11.8 Å². The van der Waals surface area contributed by atoms with Crippen molar-refractivity contribution in [1.29, 1.82) is 0 Å². The van der Waals surface area contributed by atoms with E-state index in [1.807, 2.05) is 0 Å². The molecular weight excluding hydrogens is 632 g/mol. The zero-order chi connectivity index (χ0) is 32.5. The van der Waals surface area contributed by atoms with Crippen LogP contribution in [0.1, 0.15) is 0 Å². The first-order chi connectivity index (χ1) is 24.1. The highest BCUT2D eigenvalue weighted by atomic mass is 32.4. The van der Waals surface area contributed by atoms with Crippen molar-refractivity contribution >= 4 is 93.7 Å². The lowest BCUT2D eigenvalue weighted by Gasteiger charge is -2.25. The summed E-state index contributed by atoms with van der Waals surface area (Å²) in [5.74, 6) is 0. The Morgan fingerprint density at radius 1 is 0.408 bits per heavy atom. The highest BCUT2D eigenvalue weighted by Crippen LogP contribution is 2.44. The number of nitrogens with zero attached hydrogens (tertiary/aromatic N) is 2. The lowest BCUT2D eigenvalue weighted by molar-refractivity contribution is 1.32. The number of pyridine rings is 1. The van der Waals surface area contributed by atoms with Gasteiger partial charge in [-0.3, -0.25) is 4.40 Å². The van der Waals surface area contributed by atoms with Gasteiger partial charge in [-0.1, -0.05) is 145 Å². The van der Waals surface area contributed by atoms with Crippen molar-refractivity contribution in [2.24, 2.45) is 0 Å². The first-order valence-corrected chi connectivity index (χ1v) is 19.4. The molecule has 0 amide bonds. The molecule has 49 heavy (non-hydrogen) atoms. The van der Waals surface area contributed by atoms with E-state index in [4.69, 9.17) is 16.8 Å². The van der Waals surface area contributed by atoms with Crippen LogP contribution in [0.4, 0.5) is 0 Å². The Balaban J connectivity index is 1.27. The van der Waals surface area contributed by atoms with E-state index < -0.39 is 6.04 Å². The van der Waals surface area contributed by atoms with Gasteiger partial charge in [-0.15, -0.1) is 0 Å². The fourth-order valence-electron chi connectivity index (χ4n) is 7.56. The number of hydrogen-bond donors (Lipinski definition) is 0. The SMILES string of the molecule is S=P(c1ccccc1)(c1ccccc1)c1ccc2c3cc4cc(-c5ccc6ccccc6c5)ccc4cc3c3nc4ccccc4n3c2c1. The molecule has 0 atom stereocenters. The molecule has 0 bridgehead atoms. The van der Waals surface area contributed by atoms with Crippen LogP contribution in [0.3, 0.4) is 0 Å². The number of hydrogen-bond acceptors (Lipinski definition) is 2. The molecule has 0 unspecified atom stereocenters. The molecule has 0 saturated heterocycles. The van der Waals surface area contributed by atoms with Gasteiger partial charge in [-0.25, -0.2) is 4.98 Å². The molecule has 10 aromatic rings. The maximum absolute atomic E-state index is 6.80. The monoisotopic (exact) mass is 660 g/mol. The summed E-state index contributed by atoms with van der Waals surface area (Å²) in [6.07, 6.45) is 0. The molecule has 230 valence electrons. The van der Waals surface area contributed by atoms with Gasteiger partial charge in [-0.2, -0.15) is 0 Å². The molecule has 0 radical (unpaired) electrons. The third-order valence-corrected chi connectivity index (χ3v) is 14.9. The number of imidazole rings is 1. The maximum Gasteiger partial charge on any atom is 0.146 e. The van der Waals surface area contributed by atoms with E-state index in [0.717, 1.165) is 27.6 Å². The second-order valence-electron chi connectivity index (χ2n) is 12.8. The van der Waals surface area contributed by atoms with E-state index in [1.54, 1.807) is 0 Å². The van der Waals surface area contributed by atoms with E-state index >= 15 is 0 Å². The molecule has 0 saturated carbocycles. The molecule has 0 spiro atoms. The summed E-state index contributed by atoms with van der Waals surface area (Å²) in [5, 5.41) is 12.0. The van der Waals surface area contributed by atoms with Gasteiger partial charge in [0.15, 0.2) is 0 Å². The van der Waals surface area contributed by atoms with Crippen molar-refractivity contribution in [3.63, 3.8) is 0 Å². The quantitative estimate of drug-likeness (QED) is 0.106. The summed E-state index contributed by atoms with van der Waals surface area (Å²) < 4.78 is 2.35. The molecule has 0 aliphatic rings. The van der Waals surface area contributed by atoms with Crippen LogP contribution >= 0.6 is 6.04 Å². The zero-order valence-corrected chi connectivity index (χ0v) is 28.2. The first kappa shape index (κ1) is 28.4. The fourth-order valence-corrected chi connectivity index (χ4v) is 11.3. The summed E-state index contributed by atoms with van der Waals surface area (Å²) in [6, 6.07) is 61.1. The second kappa shape index (κ2) is 11.0. The number of para-hydroxylation sites is 2. The molecular formula is C45H29N2PS. The summed E-state index contributed by atoms with van der Waals surface area (Å²) in [6.45, 7) is 0. The Morgan fingerprint density at radius 2 is 1.00 bits per heavy atom. The van der Waals surface area contributed by atoms with E-state index in [9.17, 15) is 0 Å². The smallest absolute Gasteiger partial charge is 0.146 e. The van der Waals surface area contributed by atoms with Crippen LogP contribution in [0, 0.1) is 0 Å². The third-order valence-electron chi connectivity index (χ3n) is 9.98. The minimum Gasteiger partial charge on any atom is -0.292 e. The van der Waals surface area contributed by atoms with E-state index in [1.165, 1.54) is 59.4 Å². The van der Waals surface area contributed by atoms with Crippen LogP contribution in [0.5, 0.6) is 0 Å². The Kier molecular flexibility index (Phi) is 6.36. The van der Waals surface area contributed by atoms with Crippen LogP contribution in [0.2, 0.25) is 0 Å². The van der Waals surface area contributed by atoms with E-state index in [-0.39, 0.29) is 0 Å². The molecule has 4 heteroatoms. The van der Waals surface area contributed by atoms with Gasteiger partial charge >= 0.3 is 0 Å². The molecule has 2 heterocycles. The molecule has 2 aromatic heterocycles. The second-order valence-corrected chi connectivity index (χ2v) is 17.2. The number of benzene rings is 8. The first-order valence-electron chi connectivity index (χ1n) is 16.6. The fraction of sp³-hybridized carbons (Fsp3) is 0. The van der Waals surface area contributed by atoms with Gasteiger partial charge in [0.05, 0.1) is 16.6 Å². The van der Waals surface area contributed by atoms with Crippen LogP contribution < -0.4 is 15.9 Å². The summed E-state index contributed by atoms with van der Waals surface area (Å²) in [5.41, 5.74) is 6.61. The lowest BCUT2D eigenvalue weighted by atomic mass is 9.96. The average molecular weight is 661 g/mol. The predicted octanol–water partition coefficient (Wildman–Crippen LogP) is 10.5. The summed E-state index contributed by atoms with van der Waals surface area (Å²) in [7, 11) is 0. The number of aromatic nitrogens is 2.